The van der Waals surface area contributed by atoms with E-state index in [4.69, 9.17) is 18.9 Å². The van der Waals surface area contributed by atoms with Crippen molar-refractivity contribution in [2.75, 3.05) is 47.5 Å². The highest BCUT2D eigenvalue weighted by atomic mass is 16.7. The maximum absolute atomic E-state index is 13.0. The van der Waals surface area contributed by atoms with Crippen LogP contribution in [0.4, 0.5) is 0 Å². The molecule has 9 nitrogen and oxygen atoms in total. The van der Waals surface area contributed by atoms with Crippen LogP contribution in [0.1, 0.15) is 393 Å². The standard InChI is InChI=1S/C87H157NO8/c1-6-8-10-12-14-16-18-20-22-24-26-28-30-32-34-36-38-39-40-41-42-43-44-45-46-47-48-50-52-54-56-58-60-62-64-66-68-70-72-74-76-78-85(90)96-83(82-95-87(86(91)92)93-80-79-88(3,4)5)81-94-84(89)77-75-73-71-69-67-65-63-61-59-57-55-53-51-49-37-35-33-31-29-27-25-23-21-19-17-15-13-11-9-7-2/h8,10,14,16,20,22,26,28,32,34,38-39,41-42,83,87H,6-7,9,11-13,15,17-19,21,23-25,27,29-31,33,35-37,40,43-82H2,1-5H3/p+1/b10-8-,16-14-,22-20-,28-26-,34-32-,39-38-,42-41-. The molecule has 0 heterocycles. The summed E-state index contributed by atoms with van der Waals surface area (Å²) in [6.07, 6.45) is 103. The number of likely N-dealkylation sites (N-methyl/N-ethyl adjacent to an activating group) is 1. The van der Waals surface area contributed by atoms with Gasteiger partial charge in [-0.3, -0.25) is 9.59 Å². The molecule has 0 aromatic heterocycles. The summed E-state index contributed by atoms with van der Waals surface area (Å²) in [4.78, 5) is 37.8. The normalized spacial score (nSPS) is 13.1. The number of quaternary nitrogens is 1. The van der Waals surface area contributed by atoms with Crippen molar-refractivity contribution >= 4 is 17.9 Å². The van der Waals surface area contributed by atoms with Gasteiger partial charge in [0.2, 0.25) is 0 Å². The van der Waals surface area contributed by atoms with E-state index in [1.54, 1.807) is 0 Å². The van der Waals surface area contributed by atoms with Crippen LogP contribution in [0.15, 0.2) is 85.1 Å². The first-order valence-corrected chi connectivity index (χ1v) is 41.3. The second-order valence-corrected chi connectivity index (χ2v) is 29.1. The highest BCUT2D eigenvalue weighted by Crippen LogP contribution is 2.20. The van der Waals surface area contributed by atoms with E-state index in [0.717, 1.165) is 83.5 Å². The maximum atomic E-state index is 13.0. The number of carbonyl (C=O) groups excluding carboxylic acids is 2. The summed E-state index contributed by atoms with van der Waals surface area (Å²) < 4.78 is 23.1. The van der Waals surface area contributed by atoms with Gasteiger partial charge in [0.25, 0.3) is 6.29 Å². The summed E-state index contributed by atoms with van der Waals surface area (Å²) in [5.41, 5.74) is 0. The largest absolute Gasteiger partial charge is 0.477 e. The zero-order valence-corrected chi connectivity index (χ0v) is 64.0. The molecule has 558 valence electrons. The van der Waals surface area contributed by atoms with Gasteiger partial charge in [-0.1, -0.05) is 394 Å². The number of carboxylic acids is 1. The summed E-state index contributed by atoms with van der Waals surface area (Å²) in [7, 11) is 6.00. The Morgan fingerprint density at radius 1 is 0.323 bits per heavy atom. The molecule has 9 heteroatoms. The summed E-state index contributed by atoms with van der Waals surface area (Å²) in [5.74, 6) is -1.98. The summed E-state index contributed by atoms with van der Waals surface area (Å²) in [6, 6.07) is 0. The Hall–Kier alpha value is -3.53. The minimum Gasteiger partial charge on any atom is -0.477 e. The maximum Gasteiger partial charge on any atom is 0.361 e. The predicted octanol–water partition coefficient (Wildman–Crippen LogP) is 26.5. The number of esters is 2. The number of carboxylic acid groups (broad SMARTS) is 1. The number of unbranched alkanes of at least 4 members (excludes halogenated alkanes) is 48. The molecule has 2 unspecified atom stereocenters. The Morgan fingerprint density at radius 3 is 0.885 bits per heavy atom. The van der Waals surface area contributed by atoms with Gasteiger partial charge in [0, 0.05) is 12.8 Å². The molecule has 0 bridgehead atoms. The fraction of sp³-hybridized carbons (Fsp3) is 0.805. The zero-order chi connectivity index (χ0) is 69.7. The lowest BCUT2D eigenvalue weighted by Gasteiger charge is -2.25. The van der Waals surface area contributed by atoms with Crippen LogP contribution in [0.2, 0.25) is 0 Å². The van der Waals surface area contributed by atoms with Gasteiger partial charge < -0.3 is 28.5 Å². The number of hydrogen-bond acceptors (Lipinski definition) is 7. The van der Waals surface area contributed by atoms with Crippen LogP contribution in [-0.4, -0.2) is 87.4 Å². The summed E-state index contributed by atoms with van der Waals surface area (Å²) in [6.45, 7) is 4.83. The number of rotatable bonds is 77. The average Bonchev–Trinajstić information content (AvgIpc) is 2.59. The predicted molar refractivity (Wildman–Crippen MR) is 415 cm³/mol. The van der Waals surface area contributed by atoms with E-state index in [1.165, 1.54) is 283 Å². The second-order valence-electron chi connectivity index (χ2n) is 29.1. The number of nitrogens with zero attached hydrogens (tertiary/aromatic N) is 1. The van der Waals surface area contributed by atoms with Crippen molar-refractivity contribution in [2.45, 2.75) is 405 Å². The van der Waals surface area contributed by atoms with Crippen molar-refractivity contribution in [1.29, 1.82) is 0 Å². The van der Waals surface area contributed by atoms with Crippen LogP contribution in [0, 0.1) is 0 Å². The van der Waals surface area contributed by atoms with Crippen molar-refractivity contribution < 1.29 is 42.9 Å². The summed E-state index contributed by atoms with van der Waals surface area (Å²) >= 11 is 0. The van der Waals surface area contributed by atoms with Gasteiger partial charge >= 0.3 is 17.9 Å². The van der Waals surface area contributed by atoms with E-state index in [1.807, 2.05) is 21.1 Å². The first-order chi connectivity index (χ1) is 47.1. The molecule has 0 aliphatic carbocycles. The lowest BCUT2D eigenvalue weighted by Crippen LogP contribution is -2.40. The number of aliphatic carboxylic acids is 1. The lowest BCUT2D eigenvalue weighted by molar-refractivity contribution is -0.870. The van der Waals surface area contributed by atoms with Crippen LogP contribution in [0.5, 0.6) is 0 Å². The Morgan fingerprint density at radius 2 is 0.594 bits per heavy atom. The van der Waals surface area contributed by atoms with Crippen LogP contribution in [0.25, 0.3) is 0 Å². The van der Waals surface area contributed by atoms with E-state index in [0.29, 0.717) is 17.4 Å². The molecular weight excluding hydrogens is 1190 g/mol. The fourth-order valence-electron chi connectivity index (χ4n) is 12.2. The van der Waals surface area contributed by atoms with Crippen molar-refractivity contribution in [1.82, 2.24) is 0 Å². The highest BCUT2D eigenvalue weighted by Gasteiger charge is 2.25. The molecule has 2 atom stereocenters. The molecule has 0 amide bonds. The third-order valence-corrected chi connectivity index (χ3v) is 18.4. The first-order valence-electron chi connectivity index (χ1n) is 41.3. The van der Waals surface area contributed by atoms with Crippen molar-refractivity contribution in [3.05, 3.63) is 85.1 Å². The molecule has 1 N–H and O–H groups in total. The van der Waals surface area contributed by atoms with Gasteiger partial charge in [-0.25, -0.2) is 4.79 Å². The van der Waals surface area contributed by atoms with Gasteiger partial charge in [0.15, 0.2) is 6.10 Å². The van der Waals surface area contributed by atoms with Gasteiger partial charge in [0.05, 0.1) is 34.4 Å². The number of carbonyl (C=O) groups is 3. The van der Waals surface area contributed by atoms with Crippen LogP contribution in [0.3, 0.4) is 0 Å². The number of ether oxygens (including phenoxy) is 4. The Balaban J connectivity index is 3.97. The molecule has 0 aromatic rings. The van der Waals surface area contributed by atoms with E-state index in [2.05, 4.69) is 98.9 Å². The highest BCUT2D eigenvalue weighted by molar-refractivity contribution is 5.71. The minimum absolute atomic E-state index is 0.178. The average molecular weight is 1350 g/mol. The molecule has 0 rings (SSSR count). The monoisotopic (exact) mass is 1350 g/mol. The summed E-state index contributed by atoms with van der Waals surface area (Å²) in [5, 5.41) is 9.78. The minimum atomic E-state index is -1.51. The number of allylic oxidation sites excluding steroid dienone is 14. The zero-order valence-electron chi connectivity index (χ0n) is 64.0. The van der Waals surface area contributed by atoms with E-state index < -0.39 is 18.4 Å². The van der Waals surface area contributed by atoms with Crippen LogP contribution >= 0.6 is 0 Å². The molecule has 0 aromatic carbocycles. The van der Waals surface area contributed by atoms with Crippen LogP contribution < -0.4 is 0 Å². The lowest BCUT2D eigenvalue weighted by atomic mass is 10.0. The Kier molecular flexibility index (Phi) is 74.4. The second kappa shape index (κ2) is 77.2. The Labute approximate surface area is 595 Å². The van der Waals surface area contributed by atoms with E-state index in [9.17, 15) is 19.5 Å². The smallest absolute Gasteiger partial charge is 0.361 e. The molecule has 96 heavy (non-hydrogen) atoms. The molecule has 0 saturated carbocycles. The first kappa shape index (κ1) is 92.5. The van der Waals surface area contributed by atoms with Crippen molar-refractivity contribution in [3.8, 4) is 0 Å². The van der Waals surface area contributed by atoms with E-state index in [-0.39, 0.29) is 38.2 Å². The molecule has 0 aliphatic heterocycles. The fourth-order valence-corrected chi connectivity index (χ4v) is 12.2. The third kappa shape index (κ3) is 77.8. The van der Waals surface area contributed by atoms with Gasteiger partial charge in [-0.05, 0) is 70.6 Å². The van der Waals surface area contributed by atoms with Gasteiger partial charge in [-0.2, -0.15) is 0 Å². The van der Waals surface area contributed by atoms with Gasteiger partial charge in [-0.15, -0.1) is 0 Å². The topological polar surface area (TPSA) is 108 Å². The van der Waals surface area contributed by atoms with Crippen LogP contribution in [-0.2, 0) is 33.3 Å². The Bertz CT molecular complexity index is 1860. The molecule has 0 saturated heterocycles. The van der Waals surface area contributed by atoms with Crippen molar-refractivity contribution in [3.63, 3.8) is 0 Å². The van der Waals surface area contributed by atoms with Crippen molar-refractivity contribution in [2.24, 2.45) is 0 Å². The SMILES string of the molecule is CC/C=C\C/C=C\C/C=C\C/C=C\C/C=C\C/C=C\C/C=C\CCCCCCCCCCCCCCCCCCCCCC(=O)OC(COC(=O)CCCCCCCCCCCCCCCCCCCCCCCCCCCCCCCC)COC(OCC[N+](C)(C)C)C(=O)O. The number of hydrogen-bond donors (Lipinski definition) is 1. The van der Waals surface area contributed by atoms with E-state index >= 15 is 0 Å². The molecule has 0 aliphatic rings. The quantitative estimate of drug-likeness (QED) is 0.0211. The molecule has 0 spiro atoms. The van der Waals surface area contributed by atoms with Gasteiger partial charge in [0.1, 0.15) is 13.2 Å². The molecular formula is C87H158NO8+. The molecule has 0 radical (unpaired) electrons. The third-order valence-electron chi connectivity index (χ3n) is 18.4. The molecule has 0 fully saturated rings.